The van der Waals surface area contributed by atoms with Crippen molar-refractivity contribution in [3.8, 4) is 0 Å². The molecule has 0 aliphatic heterocycles. The molecule has 1 amide bonds. The van der Waals surface area contributed by atoms with E-state index in [0.717, 1.165) is 11.4 Å². The second kappa shape index (κ2) is 7.53. The molecule has 0 aromatic heterocycles. The van der Waals surface area contributed by atoms with Gasteiger partial charge in [0.15, 0.2) is 5.11 Å². The summed E-state index contributed by atoms with van der Waals surface area (Å²) in [6, 6.07) is 28.5. The number of thiocarbonyl (C=S) groups is 1. The molecule has 3 rings (SSSR count). The zero-order valence-corrected chi connectivity index (χ0v) is 13.7. The van der Waals surface area contributed by atoms with Gasteiger partial charge in [-0.1, -0.05) is 54.6 Å². The van der Waals surface area contributed by atoms with Gasteiger partial charge in [0.2, 0.25) is 0 Å². The molecule has 0 radical (unpaired) electrons. The second-order valence-electron chi connectivity index (χ2n) is 5.13. The molecule has 0 aliphatic rings. The summed E-state index contributed by atoms with van der Waals surface area (Å²) < 4.78 is 0. The highest BCUT2D eigenvalue weighted by Gasteiger charge is 2.17. The fourth-order valence-corrected chi connectivity index (χ4v) is 2.66. The first-order valence-corrected chi connectivity index (χ1v) is 7.97. The van der Waals surface area contributed by atoms with Gasteiger partial charge in [0.05, 0.1) is 0 Å². The molecule has 24 heavy (non-hydrogen) atoms. The van der Waals surface area contributed by atoms with E-state index in [9.17, 15) is 4.79 Å². The van der Waals surface area contributed by atoms with Crippen molar-refractivity contribution in [3.63, 3.8) is 0 Å². The molecule has 4 heteroatoms. The molecule has 3 aromatic carbocycles. The first-order valence-electron chi connectivity index (χ1n) is 7.56. The highest BCUT2D eigenvalue weighted by Crippen LogP contribution is 2.25. The molecule has 0 heterocycles. The Morgan fingerprint density at radius 1 is 0.708 bits per heavy atom. The molecule has 1 N–H and O–H groups in total. The van der Waals surface area contributed by atoms with Crippen LogP contribution in [0.2, 0.25) is 0 Å². The first kappa shape index (κ1) is 15.9. The van der Waals surface area contributed by atoms with Crippen molar-refractivity contribution in [3.05, 3.63) is 96.6 Å². The van der Waals surface area contributed by atoms with E-state index >= 15 is 0 Å². The van der Waals surface area contributed by atoms with Crippen molar-refractivity contribution >= 4 is 34.6 Å². The normalized spacial score (nSPS) is 10.0. The summed E-state index contributed by atoms with van der Waals surface area (Å²) in [5.41, 5.74) is 2.35. The molecule has 118 valence electrons. The lowest BCUT2D eigenvalue weighted by Crippen LogP contribution is -2.40. The molecule has 0 bridgehead atoms. The maximum absolute atomic E-state index is 12.4. The minimum absolute atomic E-state index is 0.225. The number of rotatable bonds is 3. The Hall–Kier alpha value is -2.98. The standard InChI is InChI=1S/C20H16N2OS/c23-19(16-10-4-1-5-11-16)21-20(24)22(17-12-6-2-7-13-17)18-14-8-3-9-15-18/h1-15H,(H,21,23,24). The average molecular weight is 332 g/mol. The van der Waals surface area contributed by atoms with Gasteiger partial charge in [0.25, 0.3) is 5.91 Å². The molecule has 3 nitrogen and oxygen atoms in total. The zero-order valence-electron chi connectivity index (χ0n) is 12.9. The smallest absolute Gasteiger partial charge is 0.257 e. The van der Waals surface area contributed by atoms with Crippen LogP contribution in [0.25, 0.3) is 0 Å². The Labute approximate surface area is 146 Å². The largest absolute Gasteiger partial charge is 0.298 e. The summed E-state index contributed by atoms with van der Waals surface area (Å²) in [7, 11) is 0. The van der Waals surface area contributed by atoms with Crippen LogP contribution in [0.3, 0.4) is 0 Å². The minimum atomic E-state index is -0.225. The van der Waals surface area contributed by atoms with Crippen LogP contribution in [0, 0.1) is 0 Å². The Balaban J connectivity index is 1.89. The Kier molecular flexibility index (Phi) is 4.99. The van der Waals surface area contributed by atoms with Gasteiger partial charge in [-0.05, 0) is 48.6 Å². The van der Waals surface area contributed by atoms with Crippen LogP contribution in [0.1, 0.15) is 10.4 Å². The SMILES string of the molecule is O=C(NC(=S)N(c1ccccc1)c1ccccc1)c1ccccc1. The third-order valence-corrected chi connectivity index (χ3v) is 3.77. The average Bonchev–Trinajstić information content (AvgIpc) is 2.64. The van der Waals surface area contributed by atoms with Crippen LogP contribution in [0.4, 0.5) is 11.4 Å². The van der Waals surface area contributed by atoms with Crippen molar-refractivity contribution < 1.29 is 4.79 Å². The van der Waals surface area contributed by atoms with Crippen molar-refractivity contribution in [2.75, 3.05) is 4.90 Å². The molecule has 0 aliphatic carbocycles. The molecule has 3 aromatic rings. The van der Waals surface area contributed by atoms with Crippen LogP contribution in [0.5, 0.6) is 0 Å². The maximum atomic E-state index is 12.4. The van der Waals surface area contributed by atoms with E-state index in [-0.39, 0.29) is 5.91 Å². The molecule has 0 saturated heterocycles. The van der Waals surface area contributed by atoms with E-state index in [2.05, 4.69) is 5.32 Å². The highest BCUT2D eigenvalue weighted by atomic mass is 32.1. The van der Waals surface area contributed by atoms with E-state index in [4.69, 9.17) is 12.2 Å². The van der Waals surface area contributed by atoms with Gasteiger partial charge in [0.1, 0.15) is 0 Å². The summed E-state index contributed by atoms with van der Waals surface area (Å²) in [4.78, 5) is 14.2. The van der Waals surface area contributed by atoms with Gasteiger partial charge >= 0.3 is 0 Å². The Morgan fingerprint density at radius 3 is 1.58 bits per heavy atom. The van der Waals surface area contributed by atoms with Gasteiger partial charge in [-0.2, -0.15) is 0 Å². The monoisotopic (exact) mass is 332 g/mol. The van der Waals surface area contributed by atoms with Crippen LogP contribution in [0.15, 0.2) is 91.0 Å². The van der Waals surface area contributed by atoms with E-state index in [0.29, 0.717) is 10.7 Å². The van der Waals surface area contributed by atoms with Gasteiger partial charge in [-0.15, -0.1) is 0 Å². The lowest BCUT2D eigenvalue weighted by atomic mass is 10.2. The van der Waals surface area contributed by atoms with Crippen LogP contribution in [-0.4, -0.2) is 11.0 Å². The topological polar surface area (TPSA) is 32.3 Å². The molecule has 0 unspecified atom stereocenters. The summed E-state index contributed by atoms with van der Waals surface area (Å²) in [5, 5.41) is 3.15. The Bertz CT molecular complexity index is 781. The molecular weight excluding hydrogens is 316 g/mol. The molecule has 0 fully saturated rings. The van der Waals surface area contributed by atoms with Crippen LogP contribution in [-0.2, 0) is 0 Å². The number of benzene rings is 3. The van der Waals surface area contributed by atoms with Gasteiger partial charge in [-0.25, -0.2) is 0 Å². The lowest BCUT2D eigenvalue weighted by Gasteiger charge is -2.25. The number of carbonyl (C=O) groups excluding carboxylic acids is 1. The second-order valence-corrected chi connectivity index (χ2v) is 5.52. The summed E-state index contributed by atoms with van der Waals surface area (Å²) in [5.74, 6) is -0.225. The minimum Gasteiger partial charge on any atom is -0.298 e. The first-order chi connectivity index (χ1) is 11.8. The van der Waals surface area contributed by atoms with Crippen LogP contribution < -0.4 is 10.2 Å². The van der Waals surface area contributed by atoms with E-state index in [1.54, 1.807) is 12.1 Å². The lowest BCUT2D eigenvalue weighted by molar-refractivity contribution is 0.0977. The van der Waals surface area contributed by atoms with Gasteiger partial charge in [-0.3, -0.25) is 15.0 Å². The molecule has 0 atom stereocenters. The highest BCUT2D eigenvalue weighted by molar-refractivity contribution is 7.80. The number of carbonyl (C=O) groups is 1. The zero-order chi connectivity index (χ0) is 16.8. The fraction of sp³-hybridized carbons (Fsp3) is 0. The predicted octanol–water partition coefficient (Wildman–Crippen LogP) is 4.54. The summed E-state index contributed by atoms with van der Waals surface area (Å²) >= 11 is 5.51. The van der Waals surface area contributed by atoms with Crippen molar-refractivity contribution in [2.24, 2.45) is 0 Å². The van der Waals surface area contributed by atoms with Crippen molar-refractivity contribution in [1.82, 2.24) is 5.32 Å². The number of amides is 1. The van der Waals surface area contributed by atoms with Crippen LogP contribution >= 0.6 is 12.2 Å². The number of anilines is 2. The molecule has 0 saturated carbocycles. The maximum Gasteiger partial charge on any atom is 0.257 e. The number of nitrogens with one attached hydrogen (secondary N) is 1. The predicted molar refractivity (Wildman–Crippen MR) is 102 cm³/mol. The van der Waals surface area contributed by atoms with E-state index in [1.807, 2.05) is 83.8 Å². The molecular formula is C20H16N2OS. The van der Waals surface area contributed by atoms with Gasteiger partial charge in [0, 0.05) is 16.9 Å². The third-order valence-electron chi connectivity index (χ3n) is 3.49. The third kappa shape index (κ3) is 3.67. The van der Waals surface area contributed by atoms with E-state index < -0.39 is 0 Å². The number of hydrogen-bond acceptors (Lipinski definition) is 2. The summed E-state index contributed by atoms with van der Waals surface area (Å²) in [6.45, 7) is 0. The number of para-hydroxylation sites is 2. The quantitative estimate of drug-likeness (QED) is 0.715. The van der Waals surface area contributed by atoms with Gasteiger partial charge < -0.3 is 0 Å². The Morgan fingerprint density at radius 2 is 1.12 bits per heavy atom. The number of hydrogen-bond donors (Lipinski definition) is 1. The van der Waals surface area contributed by atoms with Crippen molar-refractivity contribution in [2.45, 2.75) is 0 Å². The fourth-order valence-electron chi connectivity index (χ4n) is 2.35. The number of nitrogens with zero attached hydrogens (tertiary/aromatic N) is 1. The molecule has 0 spiro atoms. The van der Waals surface area contributed by atoms with Crippen molar-refractivity contribution in [1.29, 1.82) is 0 Å². The summed E-state index contributed by atoms with van der Waals surface area (Å²) in [6.07, 6.45) is 0. The van der Waals surface area contributed by atoms with E-state index in [1.165, 1.54) is 0 Å².